The smallest absolute Gasteiger partial charge is 0.358 e. The second-order valence-corrected chi connectivity index (χ2v) is 4.80. The van der Waals surface area contributed by atoms with E-state index in [4.69, 9.17) is 4.74 Å². The second kappa shape index (κ2) is 5.04. The summed E-state index contributed by atoms with van der Waals surface area (Å²) in [4.78, 5) is 15.3. The molecule has 1 N–H and O–H groups in total. The Bertz CT molecular complexity index is 627. The van der Waals surface area contributed by atoms with Gasteiger partial charge in [0, 0.05) is 13.7 Å². The SMILES string of the molecule is Cn1cncc1-c1c(C(=O)O)nnn1CC1CCCO1. The minimum absolute atomic E-state index is 0.0605. The molecule has 0 radical (unpaired) electrons. The van der Waals surface area contributed by atoms with Gasteiger partial charge in [-0.3, -0.25) is 0 Å². The van der Waals surface area contributed by atoms with Gasteiger partial charge in [-0.15, -0.1) is 5.10 Å². The summed E-state index contributed by atoms with van der Waals surface area (Å²) >= 11 is 0. The maximum Gasteiger partial charge on any atom is 0.358 e. The number of aromatic nitrogens is 5. The van der Waals surface area contributed by atoms with Crippen LogP contribution in [0.5, 0.6) is 0 Å². The van der Waals surface area contributed by atoms with Crippen LogP contribution in [0.1, 0.15) is 23.3 Å². The largest absolute Gasteiger partial charge is 0.476 e. The van der Waals surface area contributed by atoms with E-state index in [1.165, 1.54) is 0 Å². The standard InChI is InChI=1S/C12H15N5O3/c1-16-7-13-5-9(16)11-10(12(18)19)14-15-17(11)6-8-3-2-4-20-8/h5,7-8H,2-4,6H2,1H3,(H,18,19). The maximum atomic E-state index is 11.3. The van der Waals surface area contributed by atoms with Crippen molar-refractivity contribution in [1.29, 1.82) is 0 Å². The summed E-state index contributed by atoms with van der Waals surface area (Å²) in [5.41, 5.74) is 1.07. The number of carboxylic acid groups (broad SMARTS) is 1. The number of aromatic carboxylic acids is 1. The Morgan fingerprint density at radius 3 is 3.05 bits per heavy atom. The van der Waals surface area contributed by atoms with Crippen LogP contribution < -0.4 is 0 Å². The van der Waals surface area contributed by atoms with Crippen molar-refractivity contribution in [2.24, 2.45) is 7.05 Å². The molecule has 1 aliphatic heterocycles. The van der Waals surface area contributed by atoms with Gasteiger partial charge in [0.2, 0.25) is 0 Å². The first-order valence-corrected chi connectivity index (χ1v) is 6.42. The number of nitrogens with zero attached hydrogens (tertiary/aromatic N) is 5. The van der Waals surface area contributed by atoms with Crippen molar-refractivity contribution in [3.05, 3.63) is 18.2 Å². The first-order valence-electron chi connectivity index (χ1n) is 6.42. The Kier molecular flexibility index (Phi) is 3.23. The van der Waals surface area contributed by atoms with E-state index in [-0.39, 0.29) is 11.8 Å². The van der Waals surface area contributed by atoms with Crippen molar-refractivity contribution in [3.8, 4) is 11.4 Å². The summed E-state index contributed by atoms with van der Waals surface area (Å²) in [6.07, 6.45) is 5.26. The van der Waals surface area contributed by atoms with Gasteiger partial charge in [-0.25, -0.2) is 14.5 Å². The topological polar surface area (TPSA) is 95.1 Å². The Labute approximate surface area is 115 Å². The lowest BCUT2D eigenvalue weighted by Crippen LogP contribution is -2.17. The van der Waals surface area contributed by atoms with E-state index in [0.29, 0.717) is 17.9 Å². The lowest BCUT2D eigenvalue weighted by molar-refractivity contribution is 0.0691. The van der Waals surface area contributed by atoms with Crippen molar-refractivity contribution in [2.75, 3.05) is 6.61 Å². The number of carbonyl (C=O) groups is 1. The number of imidazole rings is 1. The van der Waals surface area contributed by atoms with Crippen LogP contribution in [0.4, 0.5) is 0 Å². The minimum atomic E-state index is -1.10. The minimum Gasteiger partial charge on any atom is -0.476 e. The molecular formula is C12H15N5O3. The molecule has 0 bridgehead atoms. The predicted octanol–water partition coefficient (Wildman–Crippen LogP) is 0.556. The van der Waals surface area contributed by atoms with Gasteiger partial charge in [-0.1, -0.05) is 5.21 Å². The average Bonchev–Trinajstić information content (AvgIpc) is 3.10. The number of hydrogen-bond acceptors (Lipinski definition) is 5. The van der Waals surface area contributed by atoms with E-state index in [1.807, 2.05) is 0 Å². The third-order valence-electron chi connectivity index (χ3n) is 3.40. The lowest BCUT2D eigenvalue weighted by Gasteiger charge is -2.12. The molecule has 3 heterocycles. The van der Waals surface area contributed by atoms with Crippen LogP contribution in [-0.2, 0) is 18.3 Å². The number of ether oxygens (including phenoxy) is 1. The zero-order valence-corrected chi connectivity index (χ0v) is 11.1. The van der Waals surface area contributed by atoms with Gasteiger partial charge in [0.05, 0.1) is 30.9 Å². The molecule has 0 saturated carbocycles. The fraction of sp³-hybridized carbons (Fsp3) is 0.500. The van der Waals surface area contributed by atoms with Gasteiger partial charge in [-0.2, -0.15) is 0 Å². The van der Waals surface area contributed by atoms with E-state index >= 15 is 0 Å². The zero-order valence-electron chi connectivity index (χ0n) is 11.1. The molecule has 1 fully saturated rings. The summed E-state index contributed by atoms with van der Waals surface area (Å²) in [5, 5.41) is 17.0. The zero-order chi connectivity index (χ0) is 14.1. The van der Waals surface area contributed by atoms with Crippen LogP contribution in [-0.4, -0.2) is 48.3 Å². The molecule has 8 nitrogen and oxygen atoms in total. The number of rotatable bonds is 4. The first kappa shape index (κ1) is 12.8. The van der Waals surface area contributed by atoms with Gasteiger partial charge in [-0.05, 0) is 12.8 Å². The van der Waals surface area contributed by atoms with Gasteiger partial charge in [0.25, 0.3) is 0 Å². The second-order valence-electron chi connectivity index (χ2n) is 4.80. The summed E-state index contributed by atoms with van der Waals surface area (Å²) in [5.74, 6) is -1.10. The third-order valence-corrected chi connectivity index (χ3v) is 3.40. The maximum absolute atomic E-state index is 11.3. The van der Waals surface area contributed by atoms with Crippen molar-refractivity contribution >= 4 is 5.97 Å². The Morgan fingerprint density at radius 2 is 2.45 bits per heavy atom. The predicted molar refractivity (Wildman–Crippen MR) is 68.2 cm³/mol. The molecular weight excluding hydrogens is 262 g/mol. The van der Waals surface area contributed by atoms with Crippen molar-refractivity contribution in [1.82, 2.24) is 24.5 Å². The summed E-state index contributed by atoms with van der Waals surface area (Å²) in [6, 6.07) is 0. The van der Waals surface area contributed by atoms with E-state index < -0.39 is 5.97 Å². The van der Waals surface area contributed by atoms with Crippen LogP contribution in [0.2, 0.25) is 0 Å². The Hall–Kier alpha value is -2.22. The third kappa shape index (κ3) is 2.18. The fourth-order valence-electron chi connectivity index (χ4n) is 2.41. The number of aryl methyl sites for hydroxylation is 1. The quantitative estimate of drug-likeness (QED) is 0.877. The average molecular weight is 277 g/mol. The first-order chi connectivity index (χ1) is 9.66. The fourth-order valence-corrected chi connectivity index (χ4v) is 2.41. The molecule has 20 heavy (non-hydrogen) atoms. The van der Waals surface area contributed by atoms with Crippen LogP contribution in [0.3, 0.4) is 0 Å². The molecule has 1 saturated heterocycles. The van der Waals surface area contributed by atoms with E-state index in [9.17, 15) is 9.90 Å². The van der Waals surface area contributed by atoms with Gasteiger partial charge in [0.15, 0.2) is 5.69 Å². The van der Waals surface area contributed by atoms with E-state index in [2.05, 4.69) is 15.3 Å². The van der Waals surface area contributed by atoms with Crippen LogP contribution in [0, 0.1) is 0 Å². The molecule has 3 rings (SSSR count). The van der Waals surface area contributed by atoms with E-state index in [0.717, 1.165) is 19.4 Å². The van der Waals surface area contributed by atoms with Gasteiger partial charge in [0.1, 0.15) is 5.69 Å². The molecule has 1 aliphatic rings. The summed E-state index contributed by atoms with van der Waals surface area (Å²) in [6.45, 7) is 1.24. The van der Waals surface area contributed by atoms with Gasteiger partial charge >= 0.3 is 5.97 Å². The molecule has 0 aliphatic carbocycles. The highest BCUT2D eigenvalue weighted by Gasteiger charge is 2.25. The van der Waals surface area contributed by atoms with Crippen molar-refractivity contribution < 1.29 is 14.6 Å². The number of carboxylic acids is 1. The van der Waals surface area contributed by atoms with Crippen LogP contribution >= 0.6 is 0 Å². The molecule has 2 aromatic rings. The number of hydrogen-bond donors (Lipinski definition) is 1. The molecule has 0 aromatic carbocycles. The normalized spacial score (nSPS) is 18.6. The molecule has 1 unspecified atom stereocenters. The van der Waals surface area contributed by atoms with Crippen LogP contribution in [0.25, 0.3) is 11.4 Å². The monoisotopic (exact) mass is 277 g/mol. The highest BCUT2D eigenvalue weighted by molar-refractivity contribution is 5.92. The Morgan fingerprint density at radius 1 is 1.60 bits per heavy atom. The molecule has 0 spiro atoms. The molecule has 106 valence electrons. The van der Waals surface area contributed by atoms with Crippen molar-refractivity contribution in [2.45, 2.75) is 25.5 Å². The highest BCUT2D eigenvalue weighted by atomic mass is 16.5. The van der Waals surface area contributed by atoms with Crippen LogP contribution in [0.15, 0.2) is 12.5 Å². The Balaban J connectivity index is 2.01. The summed E-state index contributed by atoms with van der Waals surface area (Å²) in [7, 11) is 1.80. The molecule has 8 heteroatoms. The van der Waals surface area contributed by atoms with Crippen molar-refractivity contribution in [3.63, 3.8) is 0 Å². The molecule has 2 aromatic heterocycles. The lowest BCUT2D eigenvalue weighted by atomic mass is 10.2. The van der Waals surface area contributed by atoms with E-state index in [1.54, 1.807) is 28.8 Å². The summed E-state index contributed by atoms with van der Waals surface area (Å²) < 4.78 is 8.91. The molecule has 1 atom stereocenters. The van der Waals surface area contributed by atoms with Gasteiger partial charge < -0.3 is 14.4 Å². The highest BCUT2D eigenvalue weighted by Crippen LogP contribution is 2.23. The molecule has 0 amide bonds.